The van der Waals surface area contributed by atoms with Gasteiger partial charge in [0.25, 0.3) is 0 Å². The lowest BCUT2D eigenvalue weighted by atomic mass is 10.1. The fraction of sp³-hybridized carbons (Fsp3) is 1.00. The van der Waals surface area contributed by atoms with Gasteiger partial charge < -0.3 is 10.7 Å². The molecule has 0 aromatic heterocycles. The van der Waals surface area contributed by atoms with E-state index in [0.29, 0.717) is 6.04 Å². The van der Waals surface area contributed by atoms with E-state index < -0.39 is 0 Å². The predicted octanol–water partition coefficient (Wildman–Crippen LogP) is 1.19. The highest BCUT2D eigenvalue weighted by Crippen LogP contribution is 2.13. The van der Waals surface area contributed by atoms with Crippen molar-refractivity contribution in [2.75, 3.05) is 19.6 Å². The lowest BCUT2D eigenvalue weighted by Crippen LogP contribution is -2.35. The Bertz CT molecular complexity index is 138. The van der Waals surface area contributed by atoms with Crippen LogP contribution in [0.1, 0.15) is 26.2 Å². The third kappa shape index (κ3) is 2.77. The first-order chi connectivity index (χ1) is 5.86. The van der Waals surface area contributed by atoms with Gasteiger partial charge in [0.15, 0.2) is 0 Å². The van der Waals surface area contributed by atoms with Crippen LogP contribution in [0, 0.1) is 0 Å². The molecular weight excluding hydrogens is 152 g/mol. The Hall–Kier alpha value is -0.640. The van der Waals surface area contributed by atoms with E-state index in [2.05, 4.69) is 22.2 Å². The van der Waals surface area contributed by atoms with Gasteiger partial charge in [-0.05, 0) is 25.8 Å². The number of piperidine rings is 1. The minimum absolute atomic E-state index is 0.378. The van der Waals surface area contributed by atoms with E-state index >= 15 is 0 Å². The Morgan fingerprint density at radius 3 is 2.58 bits per heavy atom. The summed E-state index contributed by atoms with van der Waals surface area (Å²) in [5.41, 5.74) is 0. The highest BCUT2D eigenvalue weighted by molar-refractivity contribution is 4.75. The van der Waals surface area contributed by atoms with Gasteiger partial charge in [0.1, 0.15) is 0 Å². The van der Waals surface area contributed by atoms with Gasteiger partial charge >= 0.3 is 0 Å². The first-order valence-electron chi connectivity index (χ1n) is 4.69. The molecule has 0 amide bonds. The zero-order chi connectivity index (χ0) is 8.81. The molecule has 0 bridgehead atoms. The van der Waals surface area contributed by atoms with Crippen molar-refractivity contribution in [1.29, 1.82) is 0 Å². The van der Waals surface area contributed by atoms with Crippen LogP contribution in [-0.4, -0.2) is 30.6 Å². The van der Waals surface area contributed by atoms with E-state index in [1.165, 1.54) is 13.0 Å². The molecule has 0 atom stereocenters. The van der Waals surface area contributed by atoms with Crippen molar-refractivity contribution in [1.82, 2.24) is 4.90 Å². The summed E-state index contributed by atoms with van der Waals surface area (Å²) in [6.07, 6.45) is 3.46. The van der Waals surface area contributed by atoms with E-state index in [9.17, 15) is 0 Å². The van der Waals surface area contributed by atoms with Gasteiger partial charge in [-0.3, -0.25) is 0 Å². The second-order valence-electron chi connectivity index (χ2n) is 3.30. The van der Waals surface area contributed by atoms with Gasteiger partial charge in [0, 0.05) is 13.1 Å². The average Bonchev–Trinajstić information content (AvgIpc) is 2.09. The minimum Gasteiger partial charge on any atom is -0.305 e. The fourth-order valence-electron chi connectivity index (χ4n) is 1.67. The number of rotatable bonds is 3. The lowest BCUT2D eigenvalue weighted by molar-refractivity contribution is 0.211. The molecule has 0 unspecified atom stereocenters. The molecule has 1 aliphatic heterocycles. The molecular formula is C8H18N4. The largest absolute Gasteiger partial charge is 0.305 e. The Balaban J connectivity index is 2.20. The van der Waals surface area contributed by atoms with Crippen molar-refractivity contribution >= 4 is 0 Å². The first-order valence-corrected chi connectivity index (χ1v) is 4.69. The minimum atomic E-state index is 0.378. The van der Waals surface area contributed by atoms with E-state index in [0.717, 1.165) is 25.9 Å². The van der Waals surface area contributed by atoms with Crippen molar-refractivity contribution in [3.05, 3.63) is 0 Å². The second kappa shape index (κ2) is 5.09. The van der Waals surface area contributed by atoms with Crippen LogP contribution in [0.2, 0.25) is 0 Å². The summed E-state index contributed by atoms with van der Waals surface area (Å²) >= 11 is 0. The molecule has 1 rings (SSSR count). The van der Waals surface area contributed by atoms with E-state index in [-0.39, 0.29) is 0 Å². The first kappa shape index (κ1) is 9.45. The van der Waals surface area contributed by atoms with Crippen LogP contribution in [0.3, 0.4) is 0 Å². The zero-order valence-corrected chi connectivity index (χ0v) is 7.74. The molecule has 1 heterocycles. The topological polar surface area (TPSA) is 54.0 Å². The third-order valence-electron chi connectivity index (χ3n) is 2.33. The smallest absolute Gasteiger partial charge is 0.0753 e. The van der Waals surface area contributed by atoms with Crippen LogP contribution in [0.4, 0.5) is 0 Å². The highest BCUT2D eigenvalue weighted by Gasteiger charge is 2.17. The standard InChI is InChI=1S/C8H18N4/c1-2-5-12-6-3-8(4-7-12)10-11-9/h8H,2-7H2,1H3,(H2,9,10). The van der Waals surface area contributed by atoms with Crippen LogP contribution in [-0.2, 0) is 0 Å². The molecule has 12 heavy (non-hydrogen) atoms. The monoisotopic (exact) mass is 170 g/mol. The Kier molecular flexibility index (Phi) is 4.00. The SMILES string of the molecule is CCCN1CCC(N=NN)CC1. The van der Waals surface area contributed by atoms with Crippen LogP contribution >= 0.6 is 0 Å². The van der Waals surface area contributed by atoms with Crippen LogP contribution in [0.25, 0.3) is 0 Å². The van der Waals surface area contributed by atoms with Gasteiger partial charge in [-0.1, -0.05) is 12.1 Å². The predicted molar refractivity (Wildman–Crippen MR) is 48.8 cm³/mol. The fourth-order valence-corrected chi connectivity index (χ4v) is 1.67. The molecule has 4 heteroatoms. The number of hydrogen-bond acceptors (Lipinski definition) is 3. The van der Waals surface area contributed by atoms with Crippen LogP contribution in [0.15, 0.2) is 10.3 Å². The molecule has 0 aliphatic carbocycles. The second-order valence-corrected chi connectivity index (χ2v) is 3.30. The van der Waals surface area contributed by atoms with Crippen molar-refractivity contribution in [3.8, 4) is 0 Å². The Morgan fingerprint density at radius 1 is 1.42 bits per heavy atom. The van der Waals surface area contributed by atoms with Gasteiger partial charge in [0.2, 0.25) is 0 Å². The van der Waals surface area contributed by atoms with Crippen LogP contribution < -0.4 is 5.84 Å². The molecule has 1 fully saturated rings. The Morgan fingerprint density at radius 2 is 2.08 bits per heavy atom. The van der Waals surface area contributed by atoms with Gasteiger partial charge in [0.05, 0.1) is 6.04 Å². The van der Waals surface area contributed by atoms with Gasteiger partial charge in [-0.25, -0.2) is 0 Å². The summed E-state index contributed by atoms with van der Waals surface area (Å²) in [4.78, 5) is 2.47. The molecule has 70 valence electrons. The number of likely N-dealkylation sites (tertiary alicyclic amines) is 1. The van der Waals surface area contributed by atoms with E-state index in [4.69, 9.17) is 5.84 Å². The summed E-state index contributed by atoms with van der Waals surface area (Å²) in [6.45, 7) is 5.73. The maximum absolute atomic E-state index is 5.00. The summed E-state index contributed by atoms with van der Waals surface area (Å²) in [5.74, 6) is 5.00. The molecule has 0 spiro atoms. The molecule has 4 nitrogen and oxygen atoms in total. The summed E-state index contributed by atoms with van der Waals surface area (Å²) in [6, 6.07) is 0.378. The van der Waals surface area contributed by atoms with Crippen molar-refractivity contribution in [2.45, 2.75) is 32.2 Å². The number of nitrogens with zero attached hydrogens (tertiary/aromatic N) is 3. The van der Waals surface area contributed by atoms with E-state index in [1.54, 1.807) is 0 Å². The normalized spacial score (nSPS) is 22.1. The summed E-state index contributed by atoms with van der Waals surface area (Å²) < 4.78 is 0. The van der Waals surface area contributed by atoms with Crippen molar-refractivity contribution in [2.24, 2.45) is 16.2 Å². The van der Waals surface area contributed by atoms with Crippen molar-refractivity contribution < 1.29 is 0 Å². The molecule has 1 aliphatic rings. The van der Waals surface area contributed by atoms with Crippen LogP contribution in [0.5, 0.6) is 0 Å². The maximum Gasteiger partial charge on any atom is 0.0753 e. The van der Waals surface area contributed by atoms with Gasteiger partial charge in [-0.15, -0.1) is 0 Å². The highest BCUT2D eigenvalue weighted by atomic mass is 15.3. The summed E-state index contributed by atoms with van der Waals surface area (Å²) in [7, 11) is 0. The van der Waals surface area contributed by atoms with Crippen molar-refractivity contribution in [3.63, 3.8) is 0 Å². The maximum atomic E-state index is 5.00. The van der Waals surface area contributed by atoms with Gasteiger partial charge in [-0.2, -0.15) is 5.11 Å². The quantitative estimate of drug-likeness (QED) is 0.393. The van der Waals surface area contributed by atoms with E-state index in [1.807, 2.05) is 0 Å². The molecule has 0 aromatic rings. The number of nitrogens with two attached hydrogens (primary N) is 1. The molecule has 1 saturated heterocycles. The lowest BCUT2D eigenvalue weighted by Gasteiger charge is -2.28. The third-order valence-corrected chi connectivity index (χ3v) is 2.33. The molecule has 0 aromatic carbocycles. The summed E-state index contributed by atoms with van der Waals surface area (Å²) in [5, 5.41) is 7.29. The number of hydrogen-bond donors (Lipinski definition) is 1. The molecule has 0 radical (unpaired) electrons. The Labute approximate surface area is 73.8 Å². The molecule has 2 N–H and O–H groups in total. The molecule has 0 saturated carbocycles. The zero-order valence-electron chi connectivity index (χ0n) is 7.74. The average molecular weight is 170 g/mol.